The Labute approximate surface area is 154 Å². The molecular formula is C18H26Cl2N2O2. The van der Waals surface area contributed by atoms with Crippen LogP contribution in [-0.4, -0.2) is 24.4 Å². The highest BCUT2D eigenvalue weighted by atomic mass is 35.5. The van der Waals surface area contributed by atoms with E-state index in [1.54, 1.807) is 6.07 Å². The smallest absolute Gasteiger partial charge is 0.242 e. The molecule has 0 heterocycles. The first kappa shape index (κ1) is 20.8. The first-order valence-electron chi connectivity index (χ1n) is 8.22. The van der Waals surface area contributed by atoms with Crippen molar-refractivity contribution in [3.05, 3.63) is 33.8 Å². The third kappa shape index (κ3) is 6.70. The first-order chi connectivity index (χ1) is 11.2. The van der Waals surface area contributed by atoms with Gasteiger partial charge in [-0.2, -0.15) is 0 Å². The summed E-state index contributed by atoms with van der Waals surface area (Å²) in [6, 6.07) is 4.90. The Morgan fingerprint density at radius 3 is 2.38 bits per heavy atom. The lowest BCUT2D eigenvalue weighted by Crippen LogP contribution is -2.50. The maximum atomic E-state index is 12.4. The molecule has 0 aliphatic carbocycles. The fourth-order valence-corrected chi connectivity index (χ4v) is 2.72. The molecule has 4 nitrogen and oxygen atoms in total. The molecule has 0 fully saturated rings. The molecule has 0 bridgehead atoms. The van der Waals surface area contributed by atoms with E-state index in [9.17, 15) is 9.59 Å². The molecule has 2 amide bonds. The second-order valence-corrected chi connectivity index (χ2v) is 7.43. The van der Waals surface area contributed by atoms with Crippen molar-refractivity contribution in [2.75, 3.05) is 6.54 Å². The molecular weight excluding hydrogens is 347 g/mol. The largest absolute Gasteiger partial charge is 0.354 e. The van der Waals surface area contributed by atoms with Gasteiger partial charge in [-0.3, -0.25) is 9.59 Å². The third-order valence-corrected chi connectivity index (χ3v) is 4.44. The van der Waals surface area contributed by atoms with Gasteiger partial charge in [-0.25, -0.2) is 0 Å². The van der Waals surface area contributed by atoms with Crippen LogP contribution in [0.5, 0.6) is 0 Å². The Kier molecular flexibility index (Phi) is 8.57. The van der Waals surface area contributed by atoms with Gasteiger partial charge in [0.15, 0.2) is 0 Å². The van der Waals surface area contributed by atoms with E-state index in [1.165, 1.54) is 0 Å². The second kappa shape index (κ2) is 9.90. The number of benzene rings is 1. The molecule has 24 heavy (non-hydrogen) atoms. The molecule has 0 radical (unpaired) electrons. The van der Waals surface area contributed by atoms with Crippen LogP contribution >= 0.6 is 23.2 Å². The van der Waals surface area contributed by atoms with Crippen molar-refractivity contribution in [3.63, 3.8) is 0 Å². The summed E-state index contributed by atoms with van der Waals surface area (Å²) < 4.78 is 0. The van der Waals surface area contributed by atoms with Crippen molar-refractivity contribution in [1.82, 2.24) is 10.6 Å². The van der Waals surface area contributed by atoms with Crippen molar-refractivity contribution in [3.8, 4) is 0 Å². The minimum absolute atomic E-state index is 0.0101. The van der Waals surface area contributed by atoms with Gasteiger partial charge in [-0.05, 0) is 29.9 Å². The molecule has 0 aromatic heterocycles. The zero-order chi connectivity index (χ0) is 18.3. The number of rotatable bonds is 8. The van der Waals surface area contributed by atoms with E-state index in [0.717, 1.165) is 5.56 Å². The summed E-state index contributed by atoms with van der Waals surface area (Å²) in [5.41, 5.74) is 0.884. The van der Waals surface area contributed by atoms with E-state index in [4.69, 9.17) is 23.2 Å². The van der Waals surface area contributed by atoms with Crippen LogP contribution in [0, 0.1) is 11.8 Å². The number of hydrogen-bond donors (Lipinski definition) is 2. The Balaban J connectivity index is 2.56. The van der Waals surface area contributed by atoms with Gasteiger partial charge in [0.2, 0.25) is 11.8 Å². The summed E-state index contributed by atoms with van der Waals surface area (Å²) in [5, 5.41) is 6.70. The SMILES string of the molecule is CC(C)CC(=O)NC(C(=O)NCCc1cccc(Cl)c1Cl)C(C)C. The van der Waals surface area contributed by atoms with Gasteiger partial charge in [0, 0.05) is 13.0 Å². The fourth-order valence-electron chi connectivity index (χ4n) is 2.31. The molecule has 0 aliphatic heterocycles. The van der Waals surface area contributed by atoms with Gasteiger partial charge in [0.05, 0.1) is 10.0 Å². The summed E-state index contributed by atoms with van der Waals surface area (Å²) >= 11 is 12.1. The Hall–Kier alpha value is -1.26. The summed E-state index contributed by atoms with van der Waals surface area (Å²) in [4.78, 5) is 24.3. The van der Waals surface area contributed by atoms with Gasteiger partial charge in [-0.1, -0.05) is 63.0 Å². The fraction of sp³-hybridized carbons (Fsp3) is 0.556. The summed E-state index contributed by atoms with van der Waals surface area (Å²) in [6.07, 6.45) is 0.991. The predicted molar refractivity (Wildman–Crippen MR) is 99.4 cm³/mol. The molecule has 2 N–H and O–H groups in total. The molecule has 1 rings (SSSR count). The Morgan fingerprint density at radius 2 is 1.79 bits per heavy atom. The first-order valence-corrected chi connectivity index (χ1v) is 8.98. The molecule has 1 atom stereocenters. The molecule has 1 aromatic carbocycles. The van der Waals surface area contributed by atoms with Gasteiger partial charge in [0.1, 0.15) is 6.04 Å². The molecule has 0 saturated heterocycles. The summed E-state index contributed by atoms with van der Waals surface area (Å²) in [7, 11) is 0. The number of halogens is 2. The van der Waals surface area contributed by atoms with Crippen molar-refractivity contribution < 1.29 is 9.59 Å². The van der Waals surface area contributed by atoms with Gasteiger partial charge >= 0.3 is 0 Å². The second-order valence-electron chi connectivity index (χ2n) is 6.64. The van der Waals surface area contributed by atoms with E-state index in [-0.39, 0.29) is 23.7 Å². The van der Waals surface area contributed by atoms with Crippen LogP contribution in [0.3, 0.4) is 0 Å². The van der Waals surface area contributed by atoms with Crippen molar-refractivity contribution >= 4 is 35.0 Å². The van der Waals surface area contributed by atoms with E-state index in [0.29, 0.717) is 29.4 Å². The molecule has 6 heteroatoms. The molecule has 0 spiro atoms. The minimum Gasteiger partial charge on any atom is -0.354 e. The van der Waals surface area contributed by atoms with Crippen LogP contribution in [0.15, 0.2) is 18.2 Å². The normalized spacial score (nSPS) is 12.3. The zero-order valence-corrected chi connectivity index (χ0v) is 16.2. The van der Waals surface area contributed by atoms with Crippen LogP contribution in [-0.2, 0) is 16.0 Å². The van der Waals surface area contributed by atoms with Crippen LogP contribution in [0.4, 0.5) is 0 Å². The van der Waals surface area contributed by atoms with Crippen molar-refractivity contribution in [1.29, 1.82) is 0 Å². The lowest BCUT2D eigenvalue weighted by molar-refractivity contribution is -0.130. The third-order valence-electron chi connectivity index (χ3n) is 3.58. The van der Waals surface area contributed by atoms with Crippen LogP contribution in [0.1, 0.15) is 39.7 Å². The summed E-state index contributed by atoms with van der Waals surface area (Å²) in [6.45, 7) is 8.20. The average Bonchev–Trinajstić information content (AvgIpc) is 2.48. The topological polar surface area (TPSA) is 58.2 Å². The van der Waals surface area contributed by atoms with E-state index in [1.807, 2.05) is 39.8 Å². The molecule has 1 aromatic rings. The Morgan fingerprint density at radius 1 is 1.12 bits per heavy atom. The number of hydrogen-bond acceptors (Lipinski definition) is 2. The Bertz CT molecular complexity index is 574. The van der Waals surface area contributed by atoms with Crippen LogP contribution in [0.2, 0.25) is 10.0 Å². The predicted octanol–water partition coefficient (Wildman–Crippen LogP) is 3.84. The van der Waals surface area contributed by atoms with Crippen LogP contribution in [0.25, 0.3) is 0 Å². The molecule has 134 valence electrons. The van der Waals surface area contributed by atoms with E-state index < -0.39 is 6.04 Å². The number of carbonyl (C=O) groups is 2. The quantitative estimate of drug-likeness (QED) is 0.728. The lowest BCUT2D eigenvalue weighted by Gasteiger charge is -2.22. The highest BCUT2D eigenvalue weighted by molar-refractivity contribution is 6.42. The molecule has 0 aliphatic rings. The maximum absolute atomic E-state index is 12.4. The van der Waals surface area contributed by atoms with Gasteiger partial charge in [0.25, 0.3) is 0 Å². The summed E-state index contributed by atoms with van der Waals surface area (Å²) in [5.74, 6) is -0.0151. The van der Waals surface area contributed by atoms with E-state index in [2.05, 4.69) is 10.6 Å². The van der Waals surface area contributed by atoms with Crippen molar-refractivity contribution in [2.45, 2.75) is 46.6 Å². The van der Waals surface area contributed by atoms with Gasteiger partial charge < -0.3 is 10.6 Å². The standard InChI is InChI=1S/C18H26Cl2N2O2/c1-11(2)10-15(23)22-17(12(3)4)18(24)21-9-8-13-6-5-7-14(19)16(13)20/h5-7,11-12,17H,8-10H2,1-4H3,(H,21,24)(H,22,23). The van der Waals surface area contributed by atoms with Crippen molar-refractivity contribution in [2.24, 2.45) is 11.8 Å². The number of carbonyl (C=O) groups excluding carboxylic acids is 2. The number of amides is 2. The van der Waals surface area contributed by atoms with E-state index >= 15 is 0 Å². The highest BCUT2D eigenvalue weighted by Crippen LogP contribution is 2.25. The van der Waals surface area contributed by atoms with Gasteiger partial charge in [-0.15, -0.1) is 0 Å². The number of nitrogens with one attached hydrogen (secondary N) is 2. The molecule has 1 unspecified atom stereocenters. The van der Waals surface area contributed by atoms with Crippen LogP contribution < -0.4 is 10.6 Å². The molecule has 0 saturated carbocycles. The lowest BCUT2D eigenvalue weighted by atomic mass is 10.0. The zero-order valence-electron chi connectivity index (χ0n) is 14.7. The highest BCUT2D eigenvalue weighted by Gasteiger charge is 2.24. The minimum atomic E-state index is -0.536. The average molecular weight is 373 g/mol. The maximum Gasteiger partial charge on any atom is 0.242 e. The monoisotopic (exact) mass is 372 g/mol.